The molecule has 1 aromatic carbocycles. The van der Waals surface area contributed by atoms with E-state index in [1.807, 2.05) is 6.07 Å². The molecule has 0 aliphatic rings. The monoisotopic (exact) mass is 200 g/mol. The van der Waals surface area contributed by atoms with Gasteiger partial charge in [0.25, 0.3) is 0 Å². The minimum Gasteiger partial charge on any atom is -0.870 e. The van der Waals surface area contributed by atoms with E-state index in [0.717, 1.165) is 4.47 Å². The SMILES string of the molecule is N#[N+]c1cccc(Br)c1.[OH-]. The highest BCUT2D eigenvalue weighted by atomic mass is 79.9. The fraction of sp³-hybridized carbons (Fsp3) is 0. The van der Waals surface area contributed by atoms with Gasteiger partial charge in [-0.1, -0.05) is 22.0 Å². The maximum absolute atomic E-state index is 8.27. The zero-order valence-electron chi connectivity index (χ0n) is 5.03. The molecule has 1 aromatic rings. The normalized spacial score (nSPS) is 7.60. The maximum Gasteiger partial charge on any atom is 0.386 e. The lowest BCUT2D eigenvalue weighted by Gasteiger charge is -1.79. The lowest BCUT2D eigenvalue weighted by molar-refractivity contribution is 0.824. The summed E-state index contributed by atoms with van der Waals surface area (Å²) in [7, 11) is 0. The van der Waals surface area contributed by atoms with Crippen LogP contribution in [0.5, 0.6) is 0 Å². The highest BCUT2D eigenvalue weighted by molar-refractivity contribution is 9.10. The first-order valence-electron chi connectivity index (χ1n) is 2.43. The molecule has 1 rings (SSSR count). The van der Waals surface area contributed by atoms with Crippen molar-refractivity contribution >= 4 is 21.6 Å². The summed E-state index contributed by atoms with van der Waals surface area (Å²) in [6.45, 7) is 0. The van der Waals surface area contributed by atoms with Crippen molar-refractivity contribution in [2.75, 3.05) is 0 Å². The summed E-state index contributed by atoms with van der Waals surface area (Å²) in [6, 6.07) is 7.11. The lowest BCUT2D eigenvalue weighted by atomic mass is 10.3. The third kappa shape index (κ3) is 2.13. The zero-order valence-corrected chi connectivity index (χ0v) is 6.62. The first kappa shape index (κ1) is 9.08. The fourth-order valence-electron chi connectivity index (χ4n) is 0.538. The maximum atomic E-state index is 8.27. The molecule has 0 aliphatic heterocycles. The van der Waals surface area contributed by atoms with Gasteiger partial charge < -0.3 is 5.48 Å². The smallest absolute Gasteiger partial charge is 0.386 e. The molecule has 0 bridgehead atoms. The Morgan fingerprint density at radius 2 is 2.10 bits per heavy atom. The van der Waals surface area contributed by atoms with Gasteiger partial charge >= 0.3 is 5.69 Å². The van der Waals surface area contributed by atoms with Gasteiger partial charge in [-0.15, -0.1) is 0 Å². The molecule has 10 heavy (non-hydrogen) atoms. The predicted molar refractivity (Wildman–Crippen MR) is 40.8 cm³/mol. The Morgan fingerprint density at radius 3 is 2.50 bits per heavy atom. The van der Waals surface area contributed by atoms with E-state index in [9.17, 15) is 0 Å². The number of diazo groups is 1. The van der Waals surface area contributed by atoms with Crippen molar-refractivity contribution in [3.63, 3.8) is 0 Å². The Labute approximate surface area is 66.7 Å². The standard InChI is InChI=1S/C6H4BrN2.H2O/c7-5-2-1-3-6(4-5)9-8;/h1-4H;1H2/q+1;/p-1. The lowest BCUT2D eigenvalue weighted by Crippen LogP contribution is -1.60. The molecule has 0 saturated heterocycles. The van der Waals surface area contributed by atoms with Crippen LogP contribution in [0.3, 0.4) is 0 Å². The van der Waals surface area contributed by atoms with Crippen LogP contribution in [0.25, 0.3) is 4.98 Å². The highest BCUT2D eigenvalue weighted by Crippen LogP contribution is 2.17. The van der Waals surface area contributed by atoms with Crippen LogP contribution in [0.1, 0.15) is 0 Å². The van der Waals surface area contributed by atoms with Crippen LogP contribution in [0.2, 0.25) is 0 Å². The molecular weight excluding hydrogens is 196 g/mol. The number of hydrogen-bond acceptors (Lipinski definition) is 2. The van der Waals surface area contributed by atoms with E-state index in [-0.39, 0.29) is 5.48 Å². The zero-order chi connectivity index (χ0) is 6.69. The molecule has 0 aliphatic carbocycles. The van der Waals surface area contributed by atoms with Gasteiger partial charge in [0.05, 0.1) is 0 Å². The first-order chi connectivity index (χ1) is 4.33. The quantitative estimate of drug-likeness (QED) is 0.605. The molecule has 0 aromatic heterocycles. The average molecular weight is 201 g/mol. The Bertz CT molecular complexity index is 256. The summed E-state index contributed by atoms with van der Waals surface area (Å²) in [5, 5.41) is 8.27. The largest absolute Gasteiger partial charge is 0.870 e. The van der Waals surface area contributed by atoms with Gasteiger partial charge in [-0.3, -0.25) is 0 Å². The van der Waals surface area contributed by atoms with Crippen LogP contribution in [-0.2, 0) is 0 Å². The van der Waals surface area contributed by atoms with Gasteiger partial charge in [0.15, 0.2) is 4.98 Å². The van der Waals surface area contributed by atoms with E-state index in [0.29, 0.717) is 5.69 Å². The summed E-state index contributed by atoms with van der Waals surface area (Å²) >= 11 is 3.23. The van der Waals surface area contributed by atoms with E-state index in [4.69, 9.17) is 5.39 Å². The van der Waals surface area contributed by atoms with E-state index < -0.39 is 0 Å². The van der Waals surface area contributed by atoms with Crippen molar-refractivity contribution in [3.05, 3.63) is 33.7 Å². The first-order valence-corrected chi connectivity index (χ1v) is 3.23. The van der Waals surface area contributed by atoms with Crippen molar-refractivity contribution in [2.45, 2.75) is 0 Å². The summed E-state index contributed by atoms with van der Waals surface area (Å²) in [6.07, 6.45) is 0. The Balaban J connectivity index is 0.000000810. The molecule has 0 saturated carbocycles. The number of halogens is 1. The molecule has 52 valence electrons. The molecular formula is C6H5BrN2O. The summed E-state index contributed by atoms with van der Waals surface area (Å²) in [4.78, 5) is 3.00. The predicted octanol–water partition coefficient (Wildman–Crippen LogP) is 2.76. The van der Waals surface area contributed by atoms with Gasteiger partial charge in [0.1, 0.15) is 0 Å². The summed E-state index contributed by atoms with van der Waals surface area (Å²) in [5.74, 6) is 0. The molecule has 1 N–H and O–H groups in total. The fourth-order valence-corrected chi connectivity index (χ4v) is 0.925. The molecule has 0 radical (unpaired) electrons. The Kier molecular flexibility index (Phi) is 3.62. The van der Waals surface area contributed by atoms with E-state index in [1.165, 1.54) is 0 Å². The average Bonchev–Trinajstić information content (AvgIpc) is 1.88. The van der Waals surface area contributed by atoms with Gasteiger partial charge in [0, 0.05) is 16.6 Å². The van der Waals surface area contributed by atoms with Crippen LogP contribution in [-0.4, -0.2) is 5.48 Å². The molecule has 3 nitrogen and oxygen atoms in total. The number of hydrogen-bond donors (Lipinski definition) is 0. The Hall–Kier alpha value is -0.920. The molecule has 0 spiro atoms. The second kappa shape index (κ2) is 3.99. The van der Waals surface area contributed by atoms with Gasteiger partial charge in [-0.2, -0.15) is 0 Å². The van der Waals surface area contributed by atoms with Crippen molar-refractivity contribution in [1.82, 2.24) is 0 Å². The molecule has 0 fully saturated rings. The number of rotatable bonds is 0. The van der Waals surface area contributed by atoms with Crippen molar-refractivity contribution in [2.24, 2.45) is 0 Å². The minimum absolute atomic E-state index is 0. The van der Waals surface area contributed by atoms with E-state index in [1.54, 1.807) is 18.2 Å². The van der Waals surface area contributed by atoms with E-state index >= 15 is 0 Å². The molecule has 4 heteroatoms. The number of nitrogens with zero attached hydrogens (tertiary/aromatic N) is 2. The molecule has 0 amide bonds. The Morgan fingerprint density at radius 1 is 1.40 bits per heavy atom. The van der Waals surface area contributed by atoms with Crippen LogP contribution in [0, 0.1) is 5.39 Å². The van der Waals surface area contributed by atoms with Crippen LogP contribution < -0.4 is 0 Å². The summed E-state index contributed by atoms with van der Waals surface area (Å²) < 4.78 is 0.915. The van der Waals surface area contributed by atoms with Gasteiger partial charge in [-0.25, -0.2) is 0 Å². The van der Waals surface area contributed by atoms with Crippen molar-refractivity contribution in [1.29, 1.82) is 5.39 Å². The second-order valence-electron chi connectivity index (χ2n) is 1.58. The second-order valence-corrected chi connectivity index (χ2v) is 2.50. The number of benzene rings is 1. The highest BCUT2D eigenvalue weighted by Gasteiger charge is 2.00. The van der Waals surface area contributed by atoms with Crippen molar-refractivity contribution in [3.8, 4) is 0 Å². The molecule has 0 heterocycles. The third-order valence-corrected chi connectivity index (χ3v) is 1.42. The van der Waals surface area contributed by atoms with Crippen LogP contribution in [0.4, 0.5) is 5.69 Å². The topological polar surface area (TPSA) is 58.1 Å². The molecule has 0 unspecified atom stereocenters. The van der Waals surface area contributed by atoms with E-state index in [2.05, 4.69) is 20.9 Å². The van der Waals surface area contributed by atoms with Gasteiger partial charge in [-0.05, 0) is 6.07 Å². The summed E-state index contributed by atoms with van der Waals surface area (Å²) in [5.41, 5.74) is 0.560. The van der Waals surface area contributed by atoms with Crippen LogP contribution >= 0.6 is 15.9 Å². The van der Waals surface area contributed by atoms with Gasteiger partial charge in [0.2, 0.25) is 5.39 Å². The minimum atomic E-state index is 0. The van der Waals surface area contributed by atoms with Crippen molar-refractivity contribution < 1.29 is 5.48 Å². The van der Waals surface area contributed by atoms with Crippen LogP contribution in [0.15, 0.2) is 28.7 Å². The molecule has 0 atom stereocenters. The third-order valence-electron chi connectivity index (χ3n) is 0.924.